The average Bonchev–Trinajstić information content (AvgIpc) is 2.47. The number of benzene rings is 1. The maximum Gasteiger partial charge on any atom is 0.311 e. The number of hydrogen-bond acceptors (Lipinski definition) is 7. The minimum absolute atomic E-state index is 0.0803. The van der Waals surface area contributed by atoms with Gasteiger partial charge in [0.15, 0.2) is 11.5 Å². The van der Waals surface area contributed by atoms with Crippen LogP contribution in [0.4, 0.5) is 23.0 Å². The van der Waals surface area contributed by atoms with Crippen LogP contribution in [0.25, 0.3) is 0 Å². The average molecular weight is 288 g/mol. The zero-order valence-corrected chi connectivity index (χ0v) is 10.9. The number of ether oxygens (including phenoxy) is 2. The fourth-order valence-corrected chi connectivity index (χ4v) is 1.96. The zero-order chi connectivity index (χ0) is 14.8. The summed E-state index contributed by atoms with van der Waals surface area (Å²) in [5.74, 6) is 1.50. The van der Waals surface area contributed by atoms with Crippen LogP contribution in [-0.4, -0.2) is 23.1 Å². The number of fused-ring (bicyclic) bond motifs is 1. The fourth-order valence-electron chi connectivity index (χ4n) is 1.96. The summed E-state index contributed by atoms with van der Waals surface area (Å²) in [6.07, 6.45) is 0. The maximum absolute atomic E-state index is 11.0. The third-order valence-electron chi connectivity index (χ3n) is 2.90. The van der Waals surface area contributed by atoms with Crippen LogP contribution in [0.2, 0.25) is 0 Å². The van der Waals surface area contributed by atoms with Crippen molar-refractivity contribution in [1.82, 2.24) is 4.98 Å². The molecule has 0 spiro atoms. The van der Waals surface area contributed by atoms with Gasteiger partial charge in [0.2, 0.25) is 5.82 Å². The Morgan fingerprint density at radius 1 is 1.19 bits per heavy atom. The van der Waals surface area contributed by atoms with Gasteiger partial charge in [-0.1, -0.05) is 0 Å². The SMILES string of the molecule is Nc1ccc([N+](=O)[O-])c(Nc2ccc3c(c2)OCCO3)n1. The number of nitro groups is 1. The molecule has 1 aromatic heterocycles. The highest BCUT2D eigenvalue weighted by Gasteiger charge is 2.17. The monoisotopic (exact) mass is 288 g/mol. The smallest absolute Gasteiger partial charge is 0.311 e. The molecule has 0 fully saturated rings. The first-order valence-electron chi connectivity index (χ1n) is 6.21. The number of nitrogens with two attached hydrogens (primary N) is 1. The third-order valence-corrected chi connectivity index (χ3v) is 2.90. The molecule has 21 heavy (non-hydrogen) atoms. The number of nitrogens with zero attached hydrogens (tertiary/aromatic N) is 2. The first-order valence-corrected chi connectivity index (χ1v) is 6.21. The lowest BCUT2D eigenvalue weighted by molar-refractivity contribution is -0.384. The van der Waals surface area contributed by atoms with Crippen molar-refractivity contribution in [3.8, 4) is 11.5 Å². The Bertz CT molecular complexity index is 705. The molecular formula is C13H12N4O4. The van der Waals surface area contributed by atoms with Crippen molar-refractivity contribution < 1.29 is 14.4 Å². The van der Waals surface area contributed by atoms with Crippen molar-refractivity contribution >= 4 is 23.0 Å². The molecule has 8 nitrogen and oxygen atoms in total. The van der Waals surface area contributed by atoms with Crippen LogP contribution in [0, 0.1) is 10.1 Å². The molecule has 0 aliphatic carbocycles. The topological polar surface area (TPSA) is 113 Å². The Hall–Kier alpha value is -3.03. The predicted octanol–water partition coefficient (Wildman–Crippen LogP) is 2.09. The lowest BCUT2D eigenvalue weighted by atomic mass is 10.2. The molecule has 3 N–H and O–H groups in total. The van der Waals surface area contributed by atoms with Gasteiger partial charge >= 0.3 is 5.69 Å². The zero-order valence-electron chi connectivity index (χ0n) is 10.9. The highest BCUT2D eigenvalue weighted by molar-refractivity contribution is 5.69. The predicted molar refractivity (Wildman–Crippen MR) is 76.0 cm³/mol. The third kappa shape index (κ3) is 2.64. The summed E-state index contributed by atoms with van der Waals surface area (Å²) in [6, 6.07) is 7.84. The van der Waals surface area contributed by atoms with Gasteiger partial charge in [0.25, 0.3) is 0 Å². The molecular weight excluding hydrogens is 276 g/mol. The van der Waals surface area contributed by atoms with Crippen LogP contribution in [0.5, 0.6) is 11.5 Å². The van der Waals surface area contributed by atoms with Gasteiger partial charge < -0.3 is 20.5 Å². The summed E-state index contributed by atoms with van der Waals surface area (Å²) in [4.78, 5) is 14.4. The van der Waals surface area contributed by atoms with Gasteiger partial charge in [-0.2, -0.15) is 0 Å². The normalized spacial score (nSPS) is 12.8. The second-order valence-corrected chi connectivity index (χ2v) is 4.34. The van der Waals surface area contributed by atoms with Gasteiger partial charge in [-0.05, 0) is 18.2 Å². The van der Waals surface area contributed by atoms with Crippen molar-refractivity contribution in [2.75, 3.05) is 24.3 Å². The van der Waals surface area contributed by atoms with Crippen LogP contribution in [0.3, 0.4) is 0 Å². The molecule has 0 atom stereocenters. The minimum atomic E-state index is -0.521. The van der Waals surface area contributed by atoms with Gasteiger partial charge in [-0.3, -0.25) is 10.1 Å². The summed E-state index contributed by atoms with van der Waals surface area (Å²) in [5, 5.41) is 13.9. The first-order chi connectivity index (χ1) is 10.1. The van der Waals surface area contributed by atoms with Crippen LogP contribution < -0.4 is 20.5 Å². The Morgan fingerprint density at radius 3 is 2.71 bits per heavy atom. The lowest BCUT2D eigenvalue weighted by Gasteiger charge is -2.19. The standard InChI is InChI=1S/C13H12N4O4/c14-12-4-2-9(17(18)19)13(16-12)15-8-1-3-10-11(7-8)21-6-5-20-10/h1-4,7H,5-6H2,(H3,14,15,16). The number of nitrogens with one attached hydrogen (secondary N) is 1. The quantitative estimate of drug-likeness (QED) is 0.656. The molecule has 0 saturated carbocycles. The first kappa shape index (κ1) is 13.0. The van der Waals surface area contributed by atoms with E-state index < -0.39 is 4.92 Å². The summed E-state index contributed by atoms with van der Waals surface area (Å²) >= 11 is 0. The largest absolute Gasteiger partial charge is 0.486 e. The van der Waals surface area contributed by atoms with E-state index in [4.69, 9.17) is 15.2 Å². The molecule has 0 saturated heterocycles. The molecule has 2 heterocycles. The number of hydrogen-bond donors (Lipinski definition) is 2. The molecule has 0 radical (unpaired) electrons. The van der Waals surface area contributed by atoms with E-state index in [1.807, 2.05) is 0 Å². The molecule has 1 aromatic carbocycles. The van der Waals surface area contributed by atoms with Crippen LogP contribution in [-0.2, 0) is 0 Å². The van der Waals surface area contributed by atoms with Crippen LogP contribution >= 0.6 is 0 Å². The molecule has 108 valence electrons. The van der Waals surface area contributed by atoms with Gasteiger partial charge in [-0.15, -0.1) is 0 Å². The second kappa shape index (κ2) is 5.16. The van der Waals surface area contributed by atoms with Crippen LogP contribution in [0.1, 0.15) is 0 Å². The van der Waals surface area contributed by atoms with Crippen molar-refractivity contribution in [3.05, 3.63) is 40.4 Å². The highest BCUT2D eigenvalue weighted by atomic mass is 16.6. The van der Waals surface area contributed by atoms with E-state index in [9.17, 15) is 10.1 Å². The van der Waals surface area contributed by atoms with E-state index >= 15 is 0 Å². The van der Waals surface area contributed by atoms with Gasteiger partial charge in [0.05, 0.1) is 4.92 Å². The van der Waals surface area contributed by atoms with Crippen molar-refractivity contribution in [2.24, 2.45) is 0 Å². The molecule has 1 aliphatic rings. The molecule has 8 heteroatoms. The van der Waals surface area contributed by atoms with E-state index in [1.54, 1.807) is 18.2 Å². The Morgan fingerprint density at radius 2 is 1.95 bits per heavy atom. The van der Waals surface area contributed by atoms with E-state index in [0.717, 1.165) is 0 Å². The Labute approximate surface area is 119 Å². The lowest BCUT2D eigenvalue weighted by Crippen LogP contribution is -2.15. The molecule has 1 aliphatic heterocycles. The number of nitrogen functional groups attached to an aromatic ring is 1. The van der Waals surface area contributed by atoms with Gasteiger partial charge in [-0.25, -0.2) is 4.98 Å². The number of pyridine rings is 1. The van der Waals surface area contributed by atoms with Crippen molar-refractivity contribution in [3.63, 3.8) is 0 Å². The maximum atomic E-state index is 11.0. The van der Waals surface area contributed by atoms with E-state index in [0.29, 0.717) is 30.4 Å². The van der Waals surface area contributed by atoms with Crippen molar-refractivity contribution in [2.45, 2.75) is 0 Å². The summed E-state index contributed by atoms with van der Waals surface area (Å²) in [6.45, 7) is 0.967. The second-order valence-electron chi connectivity index (χ2n) is 4.34. The summed E-state index contributed by atoms with van der Waals surface area (Å²) in [5.41, 5.74) is 6.02. The van der Waals surface area contributed by atoms with Crippen molar-refractivity contribution in [1.29, 1.82) is 0 Å². The summed E-state index contributed by atoms with van der Waals surface area (Å²) < 4.78 is 10.9. The Balaban J connectivity index is 1.93. The molecule has 0 unspecified atom stereocenters. The summed E-state index contributed by atoms with van der Waals surface area (Å²) in [7, 11) is 0. The Kier molecular flexibility index (Phi) is 3.19. The number of rotatable bonds is 3. The number of aromatic nitrogens is 1. The van der Waals surface area contributed by atoms with Crippen LogP contribution in [0.15, 0.2) is 30.3 Å². The molecule has 3 rings (SSSR count). The molecule has 2 aromatic rings. The fraction of sp³-hybridized carbons (Fsp3) is 0.154. The van der Waals surface area contributed by atoms with Gasteiger partial charge in [0.1, 0.15) is 19.0 Å². The van der Waals surface area contributed by atoms with Gasteiger partial charge in [0, 0.05) is 17.8 Å². The van der Waals surface area contributed by atoms with E-state index in [1.165, 1.54) is 12.1 Å². The van der Waals surface area contributed by atoms with E-state index in [-0.39, 0.29) is 17.3 Å². The molecule has 0 bridgehead atoms. The minimum Gasteiger partial charge on any atom is -0.486 e. The number of anilines is 3. The van der Waals surface area contributed by atoms with E-state index in [2.05, 4.69) is 10.3 Å². The highest BCUT2D eigenvalue weighted by Crippen LogP contribution is 2.34. The molecule has 0 amide bonds.